The van der Waals surface area contributed by atoms with Crippen LogP contribution < -0.4 is 5.32 Å². The van der Waals surface area contributed by atoms with Crippen molar-refractivity contribution in [3.63, 3.8) is 0 Å². The van der Waals surface area contributed by atoms with Crippen LogP contribution >= 0.6 is 0 Å². The second-order valence-electron chi connectivity index (χ2n) is 6.67. The Balaban J connectivity index is 1.57. The van der Waals surface area contributed by atoms with Crippen LogP contribution in [0.2, 0.25) is 0 Å². The molecule has 1 fully saturated rings. The highest BCUT2D eigenvalue weighted by molar-refractivity contribution is 5.25. The van der Waals surface area contributed by atoms with E-state index in [1.165, 1.54) is 69.0 Å². The molecule has 1 saturated carbocycles. The Labute approximate surface area is 123 Å². The lowest BCUT2D eigenvalue weighted by Gasteiger charge is -2.34. The van der Waals surface area contributed by atoms with Crippen LogP contribution in [0.15, 0.2) is 18.3 Å². The van der Waals surface area contributed by atoms with Crippen LogP contribution in [0.1, 0.15) is 75.6 Å². The van der Waals surface area contributed by atoms with Gasteiger partial charge in [-0.1, -0.05) is 25.8 Å². The number of aromatic nitrogens is 1. The Morgan fingerprint density at radius 1 is 1.20 bits per heavy atom. The van der Waals surface area contributed by atoms with Crippen molar-refractivity contribution in [3.8, 4) is 0 Å². The van der Waals surface area contributed by atoms with Crippen LogP contribution in [-0.4, -0.2) is 11.0 Å². The van der Waals surface area contributed by atoms with Gasteiger partial charge in [-0.05, 0) is 62.5 Å². The molecule has 2 aliphatic carbocycles. The summed E-state index contributed by atoms with van der Waals surface area (Å²) in [6.07, 6.45) is 14.1. The molecule has 1 heterocycles. The molecular formula is C18H28N2. The Morgan fingerprint density at radius 3 is 2.85 bits per heavy atom. The van der Waals surface area contributed by atoms with Crippen molar-refractivity contribution < 1.29 is 0 Å². The van der Waals surface area contributed by atoms with Gasteiger partial charge in [0, 0.05) is 18.3 Å². The number of hydrogen-bond acceptors (Lipinski definition) is 2. The first-order valence-electron chi connectivity index (χ1n) is 8.56. The molecule has 0 aromatic carbocycles. The standard InChI is InChI=1S/C18H28N2/c1-2-5-14-9-11-16(12-10-14)20-17-8-3-6-15-7-4-13-19-18(15)17/h4,7,13-14,16-17,20H,2-3,5-6,8-12H2,1H3. The summed E-state index contributed by atoms with van der Waals surface area (Å²) in [5.74, 6) is 0.995. The quantitative estimate of drug-likeness (QED) is 0.878. The molecule has 1 atom stereocenters. The molecule has 0 spiro atoms. The molecule has 0 amide bonds. The van der Waals surface area contributed by atoms with Gasteiger partial charge in [0.25, 0.3) is 0 Å². The summed E-state index contributed by atoms with van der Waals surface area (Å²) in [5, 5.41) is 3.91. The molecule has 1 unspecified atom stereocenters. The zero-order valence-electron chi connectivity index (χ0n) is 12.8. The van der Waals surface area contributed by atoms with Crippen LogP contribution in [0, 0.1) is 5.92 Å². The molecule has 110 valence electrons. The molecule has 2 heteroatoms. The lowest BCUT2D eigenvalue weighted by molar-refractivity contribution is 0.254. The number of rotatable bonds is 4. The molecule has 1 aromatic rings. The van der Waals surface area contributed by atoms with E-state index in [-0.39, 0.29) is 0 Å². The summed E-state index contributed by atoms with van der Waals surface area (Å²) in [7, 11) is 0. The lowest BCUT2D eigenvalue weighted by Crippen LogP contribution is -2.37. The molecule has 0 aliphatic heterocycles. The number of pyridine rings is 1. The number of fused-ring (bicyclic) bond motifs is 1. The van der Waals surface area contributed by atoms with Crippen molar-refractivity contribution in [2.75, 3.05) is 0 Å². The van der Waals surface area contributed by atoms with Gasteiger partial charge in [0.1, 0.15) is 0 Å². The van der Waals surface area contributed by atoms with Crippen LogP contribution in [0.4, 0.5) is 0 Å². The fourth-order valence-electron chi connectivity index (χ4n) is 4.08. The van der Waals surface area contributed by atoms with Gasteiger partial charge in [-0.15, -0.1) is 0 Å². The fourth-order valence-corrected chi connectivity index (χ4v) is 4.08. The third kappa shape index (κ3) is 3.22. The highest BCUT2D eigenvalue weighted by Gasteiger charge is 2.26. The summed E-state index contributed by atoms with van der Waals surface area (Å²) in [6.45, 7) is 2.31. The Bertz CT molecular complexity index is 421. The normalized spacial score (nSPS) is 29.9. The SMILES string of the molecule is CCCC1CCC(NC2CCCc3cccnc32)CC1. The molecule has 2 nitrogen and oxygen atoms in total. The summed E-state index contributed by atoms with van der Waals surface area (Å²) >= 11 is 0. The number of nitrogens with zero attached hydrogens (tertiary/aromatic N) is 1. The van der Waals surface area contributed by atoms with Crippen molar-refractivity contribution in [1.82, 2.24) is 10.3 Å². The van der Waals surface area contributed by atoms with Gasteiger partial charge in [-0.3, -0.25) is 4.98 Å². The number of hydrogen-bond donors (Lipinski definition) is 1. The fraction of sp³-hybridized carbons (Fsp3) is 0.722. The van der Waals surface area contributed by atoms with Gasteiger partial charge in [0.05, 0.1) is 5.69 Å². The molecule has 0 saturated heterocycles. The molecule has 0 radical (unpaired) electrons. The molecular weight excluding hydrogens is 244 g/mol. The highest BCUT2D eigenvalue weighted by atomic mass is 15.0. The van der Waals surface area contributed by atoms with Gasteiger partial charge in [0.2, 0.25) is 0 Å². The first-order chi connectivity index (χ1) is 9.86. The van der Waals surface area contributed by atoms with Gasteiger partial charge in [-0.25, -0.2) is 0 Å². The van der Waals surface area contributed by atoms with Crippen LogP contribution in [0.5, 0.6) is 0 Å². The first kappa shape index (κ1) is 14.1. The largest absolute Gasteiger partial charge is 0.306 e. The average molecular weight is 272 g/mol. The van der Waals surface area contributed by atoms with Crippen LogP contribution in [0.3, 0.4) is 0 Å². The smallest absolute Gasteiger partial charge is 0.0605 e. The Morgan fingerprint density at radius 2 is 2.05 bits per heavy atom. The summed E-state index contributed by atoms with van der Waals surface area (Å²) < 4.78 is 0. The van der Waals surface area contributed by atoms with Crippen molar-refractivity contribution in [2.45, 2.75) is 76.8 Å². The minimum Gasteiger partial charge on any atom is -0.306 e. The minimum atomic E-state index is 0.507. The van der Waals surface area contributed by atoms with E-state index in [1.54, 1.807) is 0 Å². The van der Waals surface area contributed by atoms with Crippen molar-refractivity contribution in [1.29, 1.82) is 0 Å². The third-order valence-electron chi connectivity index (χ3n) is 5.18. The minimum absolute atomic E-state index is 0.507. The van der Waals surface area contributed by atoms with E-state index in [1.807, 2.05) is 6.20 Å². The summed E-state index contributed by atoms with van der Waals surface area (Å²) in [4.78, 5) is 4.65. The lowest BCUT2D eigenvalue weighted by atomic mass is 9.82. The summed E-state index contributed by atoms with van der Waals surface area (Å²) in [5.41, 5.74) is 2.80. The average Bonchev–Trinajstić information content (AvgIpc) is 2.50. The predicted molar refractivity (Wildman–Crippen MR) is 83.7 cm³/mol. The van der Waals surface area contributed by atoms with Gasteiger partial charge < -0.3 is 5.32 Å². The van der Waals surface area contributed by atoms with Gasteiger partial charge in [0.15, 0.2) is 0 Å². The van der Waals surface area contributed by atoms with E-state index < -0.39 is 0 Å². The van der Waals surface area contributed by atoms with Crippen molar-refractivity contribution in [3.05, 3.63) is 29.6 Å². The van der Waals surface area contributed by atoms with Crippen LogP contribution in [-0.2, 0) is 6.42 Å². The molecule has 1 aromatic heterocycles. The van der Waals surface area contributed by atoms with E-state index in [2.05, 4.69) is 29.4 Å². The van der Waals surface area contributed by atoms with Crippen molar-refractivity contribution in [2.24, 2.45) is 5.92 Å². The Kier molecular flexibility index (Phi) is 4.72. The van der Waals surface area contributed by atoms with E-state index in [4.69, 9.17) is 0 Å². The van der Waals surface area contributed by atoms with Gasteiger partial charge in [-0.2, -0.15) is 0 Å². The van der Waals surface area contributed by atoms with E-state index in [0.717, 1.165) is 12.0 Å². The number of aryl methyl sites for hydroxylation is 1. The summed E-state index contributed by atoms with van der Waals surface area (Å²) in [6, 6.07) is 5.57. The molecule has 3 rings (SSSR count). The second-order valence-corrected chi connectivity index (χ2v) is 6.67. The van der Waals surface area contributed by atoms with E-state index in [9.17, 15) is 0 Å². The number of nitrogens with one attached hydrogen (secondary N) is 1. The predicted octanol–water partition coefficient (Wildman–Crippen LogP) is 4.41. The second kappa shape index (κ2) is 6.71. The molecule has 20 heavy (non-hydrogen) atoms. The Hall–Kier alpha value is -0.890. The van der Waals surface area contributed by atoms with Crippen molar-refractivity contribution >= 4 is 0 Å². The topological polar surface area (TPSA) is 24.9 Å². The van der Waals surface area contributed by atoms with Gasteiger partial charge >= 0.3 is 0 Å². The van der Waals surface area contributed by atoms with E-state index in [0.29, 0.717) is 6.04 Å². The third-order valence-corrected chi connectivity index (χ3v) is 5.18. The zero-order chi connectivity index (χ0) is 13.8. The van der Waals surface area contributed by atoms with E-state index >= 15 is 0 Å². The molecule has 0 bridgehead atoms. The maximum Gasteiger partial charge on any atom is 0.0605 e. The van der Waals surface area contributed by atoms with Crippen LogP contribution in [0.25, 0.3) is 0 Å². The molecule has 1 N–H and O–H groups in total. The monoisotopic (exact) mass is 272 g/mol. The zero-order valence-corrected chi connectivity index (χ0v) is 12.8. The highest BCUT2D eigenvalue weighted by Crippen LogP contribution is 2.32. The maximum absolute atomic E-state index is 4.65. The molecule has 2 aliphatic rings. The maximum atomic E-state index is 4.65. The first-order valence-corrected chi connectivity index (χ1v) is 8.56.